The zero-order chi connectivity index (χ0) is 19.1. The first kappa shape index (κ1) is 18.1. The summed E-state index contributed by atoms with van der Waals surface area (Å²) in [4.78, 5) is 19.5. The van der Waals surface area contributed by atoms with Crippen molar-refractivity contribution >= 4 is 39.1 Å². The average molecular weight is 396 g/mol. The molecule has 0 aliphatic rings. The topological polar surface area (TPSA) is 118 Å². The summed E-state index contributed by atoms with van der Waals surface area (Å²) in [5.41, 5.74) is 0.408. The molecule has 0 radical (unpaired) electrons. The molecule has 26 heavy (non-hydrogen) atoms. The Kier molecular flexibility index (Phi) is 4.55. The molecule has 11 heteroatoms. The molecule has 3 rings (SSSR count). The summed E-state index contributed by atoms with van der Waals surface area (Å²) >= 11 is 6.11. The van der Waals surface area contributed by atoms with Gasteiger partial charge in [-0.3, -0.25) is 4.31 Å². The molecule has 0 fully saturated rings. The summed E-state index contributed by atoms with van der Waals surface area (Å²) in [5, 5.41) is 12.9. The van der Waals surface area contributed by atoms with Gasteiger partial charge in [-0.1, -0.05) is 17.7 Å². The lowest BCUT2D eigenvalue weighted by Crippen LogP contribution is -2.33. The summed E-state index contributed by atoms with van der Waals surface area (Å²) < 4.78 is 28.2. The van der Waals surface area contributed by atoms with Gasteiger partial charge in [0.15, 0.2) is 0 Å². The summed E-state index contributed by atoms with van der Waals surface area (Å²) in [6, 6.07) is 4.14. The number of aromatic nitrogens is 4. The van der Waals surface area contributed by atoms with E-state index in [1.807, 2.05) is 0 Å². The highest BCUT2D eigenvalue weighted by Gasteiger charge is 2.32. The first-order valence-corrected chi connectivity index (χ1v) is 9.31. The minimum atomic E-state index is -4.25. The molecule has 1 aromatic carbocycles. The van der Waals surface area contributed by atoms with Gasteiger partial charge in [0.2, 0.25) is 0 Å². The quantitative estimate of drug-likeness (QED) is 0.701. The summed E-state index contributed by atoms with van der Waals surface area (Å²) in [7, 11) is -4.25. The number of nitrogens with zero attached hydrogens (tertiary/aromatic N) is 5. The van der Waals surface area contributed by atoms with Crippen LogP contribution in [0.1, 0.15) is 22.8 Å². The van der Waals surface area contributed by atoms with Crippen molar-refractivity contribution in [1.82, 2.24) is 19.6 Å². The number of hydrogen-bond donors (Lipinski definition) is 1. The second-order valence-corrected chi connectivity index (χ2v) is 7.54. The van der Waals surface area contributed by atoms with E-state index in [-0.39, 0.29) is 28.6 Å². The van der Waals surface area contributed by atoms with E-state index in [0.717, 1.165) is 9.87 Å². The maximum Gasteiger partial charge on any atom is 0.337 e. The Hall–Kier alpha value is -2.72. The lowest BCUT2D eigenvalue weighted by atomic mass is 10.2. The van der Waals surface area contributed by atoms with E-state index in [1.165, 1.54) is 28.9 Å². The number of carboxylic acids is 1. The van der Waals surface area contributed by atoms with Crippen LogP contribution in [0.4, 0.5) is 5.69 Å². The van der Waals surface area contributed by atoms with Crippen LogP contribution in [0.15, 0.2) is 35.7 Å². The number of halogens is 1. The van der Waals surface area contributed by atoms with Crippen LogP contribution in [-0.4, -0.2) is 45.6 Å². The van der Waals surface area contributed by atoms with Crippen LogP contribution in [0.5, 0.6) is 0 Å². The van der Waals surface area contributed by atoms with Gasteiger partial charge in [0, 0.05) is 18.9 Å². The van der Waals surface area contributed by atoms with Crippen molar-refractivity contribution in [2.24, 2.45) is 0 Å². The van der Waals surface area contributed by atoms with Gasteiger partial charge in [0.1, 0.15) is 0 Å². The minimum Gasteiger partial charge on any atom is -0.478 e. The number of para-hydroxylation sites is 1. The standard InChI is InChI=1S/C15H14ClN5O4S/c1-3-21(12-10(13(22)23)5-4-6-11(12)16)26(24,25)15-18-14-17-7-9(2)8-20(14)19-15/h4-8H,3H2,1-2H3,(H,22,23). The Morgan fingerprint density at radius 1 is 1.38 bits per heavy atom. The smallest absolute Gasteiger partial charge is 0.337 e. The Morgan fingerprint density at radius 2 is 2.12 bits per heavy atom. The molecule has 0 saturated carbocycles. The van der Waals surface area contributed by atoms with Gasteiger partial charge in [-0.25, -0.2) is 14.3 Å². The molecule has 0 saturated heterocycles. The minimum absolute atomic E-state index is 0.00643. The summed E-state index contributed by atoms with van der Waals surface area (Å²) in [6.07, 6.45) is 3.12. The molecule has 0 aliphatic carbocycles. The van der Waals surface area contributed by atoms with E-state index in [0.29, 0.717) is 0 Å². The number of carboxylic acid groups (broad SMARTS) is 1. The molecule has 0 amide bonds. The van der Waals surface area contributed by atoms with E-state index in [2.05, 4.69) is 15.1 Å². The molecular formula is C15H14ClN5O4S. The maximum absolute atomic E-state index is 13.1. The summed E-state index contributed by atoms with van der Waals surface area (Å²) in [6.45, 7) is 3.28. The second-order valence-electron chi connectivity index (χ2n) is 5.38. The predicted molar refractivity (Wildman–Crippen MR) is 94.1 cm³/mol. The monoisotopic (exact) mass is 395 g/mol. The molecule has 0 spiro atoms. The van der Waals surface area contributed by atoms with Gasteiger partial charge >= 0.3 is 16.0 Å². The van der Waals surface area contributed by atoms with Gasteiger partial charge in [0.05, 0.1) is 16.3 Å². The number of hydrogen-bond acceptors (Lipinski definition) is 6. The average Bonchev–Trinajstić information content (AvgIpc) is 3.00. The highest BCUT2D eigenvalue weighted by molar-refractivity contribution is 7.92. The second kappa shape index (κ2) is 6.54. The first-order chi connectivity index (χ1) is 12.3. The normalized spacial score (nSPS) is 11.7. The zero-order valence-electron chi connectivity index (χ0n) is 13.8. The third-order valence-electron chi connectivity index (χ3n) is 3.58. The number of carbonyl (C=O) groups is 1. The van der Waals surface area contributed by atoms with Crippen LogP contribution in [0.25, 0.3) is 5.78 Å². The van der Waals surface area contributed by atoms with Crippen molar-refractivity contribution in [3.8, 4) is 0 Å². The fourth-order valence-corrected chi connectivity index (χ4v) is 4.14. The number of aryl methyl sites for hydroxylation is 1. The largest absolute Gasteiger partial charge is 0.478 e. The number of benzene rings is 1. The molecule has 0 unspecified atom stereocenters. The van der Waals surface area contributed by atoms with Gasteiger partial charge in [-0.15, -0.1) is 5.10 Å². The number of fused-ring (bicyclic) bond motifs is 1. The number of sulfonamides is 1. The molecule has 3 aromatic rings. The highest BCUT2D eigenvalue weighted by atomic mass is 35.5. The van der Waals surface area contributed by atoms with E-state index < -0.39 is 21.1 Å². The molecule has 2 aromatic heterocycles. The zero-order valence-corrected chi connectivity index (χ0v) is 15.4. The van der Waals surface area contributed by atoms with Crippen molar-refractivity contribution in [2.75, 3.05) is 10.8 Å². The molecule has 9 nitrogen and oxygen atoms in total. The van der Waals surface area contributed by atoms with Crippen LogP contribution in [0.2, 0.25) is 5.02 Å². The van der Waals surface area contributed by atoms with Gasteiger partial charge in [0.25, 0.3) is 10.9 Å². The van der Waals surface area contributed by atoms with Crippen molar-refractivity contribution in [2.45, 2.75) is 19.0 Å². The molecular weight excluding hydrogens is 382 g/mol. The molecule has 0 atom stereocenters. The Bertz CT molecular complexity index is 1110. The van der Waals surface area contributed by atoms with Crippen LogP contribution in [-0.2, 0) is 10.0 Å². The third-order valence-corrected chi connectivity index (χ3v) is 5.54. The highest BCUT2D eigenvalue weighted by Crippen LogP contribution is 2.33. The van der Waals surface area contributed by atoms with Crippen molar-refractivity contribution < 1.29 is 18.3 Å². The molecule has 0 aliphatic heterocycles. The van der Waals surface area contributed by atoms with E-state index in [9.17, 15) is 18.3 Å². The van der Waals surface area contributed by atoms with Gasteiger partial charge < -0.3 is 5.11 Å². The molecule has 136 valence electrons. The molecule has 0 bridgehead atoms. The van der Waals surface area contributed by atoms with Crippen LogP contribution in [0.3, 0.4) is 0 Å². The lowest BCUT2D eigenvalue weighted by molar-refractivity contribution is 0.0697. The summed E-state index contributed by atoms with van der Waals surface area (Å²) in [5.74, 6) is -1.18. The van der Waals surface area contributed by atoms with Crippen molar-refractivity contribution in [1.29, 1.82) is 0 Å². The number of rotatable bonds is 5. The van der Waals surface area contributed by atoms with E-state index in [1.54, 1.807) is 20.0 Å². The van der Waals surface area contributed by atoms with Gasteiger partial charge in [-0.2, -0.15) is 13.4 Å². The fourth-order valence-electron chi connectivity index (χ4n) is 2.45. The fraction of sp³-hybridized carbons (Fsp3) is 0.200. The molecule has 2 heterocycles. The van der Waals surface area contributed by atoms with E-state index >= 15 is 0 Å². The first-order valence-electron chi connectivity index (χ1n) is 7.49. The Labute approximate surface area is 153 Å². The SMILES string of the molecule is CCN(c1c(Cl)cccc1C(=O)O)S(=O)(=O)c1nc2ncc(C)cn2n1. The van der Waals surface area contributed by atoms with Crippen molar-refractivity contribution in [3.05, 3.63) is 46.7 Å². The third kappa shape index (κ3) is 2.97. The Balaban J connectivity index is 2.19. The van der Waals surface area contributed by atoms with Gasteiger partial charge in [-0.05, 0) is 31.5 Å². The lowest BCUT2D eigenvalue weighted by Gasteiger charge is -2.23. The van der Waals surface area contributed by atoms with Crippen LogP contribution >= 0.6 is 11.6 Å². The maximum atomic E-state index is 13.1. The van der Waals surface area contributed by atoms with Crippen LogP contribution < -0.4 is 4.31 Å². The predicted octanol–water partition coefficient (Wildman–Crippen LogP) is 2.00. The van der Waals surface area contributed by atoms with E-state index in [4.69, 9.17) is 11.6 Å². The van der Waals surface area contributed by atoms with Crippen LogP contribution in [0, 0.1) is 6.92 Å². The number of aromatic carboxylic acids is 1. The number of anilines is 1. The molecule has 1 N–H and O–H groups in total. The van der Waals surface area contributed by atoms with Crippen molar-refractivity contribution in [3.63, 3.8) is 0 Å². The Morgan fingerprint density at radius 3 is 2.77 bits per heavy atom.